The quantitative estimate of drug-likeness (QED) is 0.856. The normalized spacial score (nSPS) is 12.3. The first-order chi connectivity index (χ1) is 9.70. The smallest absolute Gasteiger partial charge is 0.0451 e. The van der Waals surface area contributed by atoms with Crippen LogP contribution >= 0.6 is 11.6 Å². The topological polar surface area (TPSA) is 24.9 Å². The molecular formula is C17H21ClN2. The Morgan fingerprint density at radius 1 is 1.25 bits per heavy atom. The molecule has 1 N–H and O–H groups in total. The lowest BCUT2D eigenvalue weighted by molar-refractivity contribution is 0.523. The third-order valence-electron chi connectivity index (χ3n) is 3.41. The van der Waals surface area contributed by atoms with Crippen molar-refractivity contribution in [3.63, 3.8) is 0 Å². The number of nitrogens with zero attached hydrogens (tertiary/aromatic N) is 1. The Bertz CT molecular complexity index is 554. The Hall–Kier alpha value is -1.38. The second-order valence-corrected chi connectivity index (χ2v) is 5.47. The maximum absolute atomic E-state index is 6.11. The van der Waals surface area contributed by atoms with Gasteiger partial charge in [-0.05, 0) is 49.2 Å². The van der Waals surface area contributed by atoms with Crippen molar-refractivity contribution in [2.45, 2.75) is 32.7 Å². The number of halogens is 1. The molecule has 2 rings (SSSR count). The van der Waals surface area contributed by atoms with Gasteiger partial charge in [-0.15, -0.1) is 0 Å². The van der Waals surface area contributed by atoms with E-state index in [1.165, 1.54) is 11.1 Å². The molecular weight excluding hydrogens is 268 g/mol. The van der Waals surface area contributed by atoms with Gasteiger partial charge in [-0.25, -0.2) is 0 Å². The van der Waals surface area contributed by atoms with Gasteiger partial charge in [0, 0.05) is 29.4 Å². The van der Waals surface area contributed by atoms with Crippen LogP contribution in [0.1, 0.15) is 36.2 Å². The molecule has 3 heteroatoms. The van der Waals surface area contributed by atoms with Gasteiger partial charge in [-0.3, -0.25) is 4.98 Å². The summed E-state index contributed by atoms with van der Waals surface area (Å²) in [7, 11) is 0. The fourth-order valence-electron chi connectivity index (χ4n) is 2.28. The van der Waals surface area contributed by atoms with E-state index in [1.807, 2.05) is 30.5 Å². The summed E-state index contributed by atoms with van der Waals surface area (Å²) in [4.78, 5) is 4.50. The van der Waals surface area contributed by atoms with Gasteiger partial charge in [0.1, 0.15) is 0 Å². The van der Waals surface area contributed by atoms with Gasteiger partial charge in [-0.2, -0.15) is 0 Å². The minimum atomic E-state index is 0.252. The average Bonchev–Trinajstić information content (AvgIpc) is 2.45. The van der Waals surface area contributed by atoms with Crippen LogP contribution in [-0.2, 0) is 6.42 Å². The van der Waals surface area contributed by atoms with E-state index in [1.54, 1.807) is 0 Å². The van der Waals surface area contributed by atoms with Gasteiger partial charge in [0.15, 0.2) is 0 Å². The zero-order valence-electron chi connectivity index (χ0n) is 12.1. The minimum Gasteiger partial charge on any atom is -0.310 e. The first-order valence-corrected chi connectivity index (χ1v) is 7.48. The van der Waals surface area contributed by atoms with Crippen LogP contribution in [0, 0.1) is 6.92 Å². The highest BCUT2D eigenvalue weighted by atomic mass is 35.5. The lowest BCUT2D eigenvalue weighted by Gasteiger charge is -2.20. The lowest BCUT2D eigenvalue weighted by Crippen LogP contribution is -2.24. The Balaban J connectivity index is 2.21. The molecule has 1 aromatic heterocycles. The third-order valence-corrected chi connectivity index (χ3v) is 3.64. The van der Waals surface area contributed by atoms with Gasteiger partial charge in [-0.1, -0.05) is 36.7 Å². The fraction of sp³-hybridized carbons (Fsp3) is 0.353. The molecule has 0 aliphatic carbocycles. The summed E-state index contributed by atoms with van der Waals surface area (Å²) < 4.78 is 0. The van der Waals surface area contributed by atoms with Crippen molar-refractivity contribution in [2.75, 3.05) is 6.54 Å². The third kappa shape index (κ3) is 4.06. The summed E-state index contributed by atoms with van der Waals surface area (Å²) in [6.07, 6.45) is 3.85. The molecule has 0 aliphatic rings. The molecule has 0 fully saturated rings. The monoisotopic (exact) mass is 288 g/mol. The van der Waals surface area contributed by atoms with Crippen molar-refractivity contribution in [3.8, 4) is 0 Å². The summed E-state index contributed by atoms with van der Waals surface area (Å²) in [5, 5.41) is 4.37. The van der Waals surface area contributed by atoms with Crippen LogP contribution in [-0.4, -0.2) is 11.5 Å². The molecule has 1 heterocycles. The summed E-state index contributed by atoms with van der Waals surface area (Å²) in [5.74, 6) is 0. The molecule has 0 amide bonds. The molecule has 0 spiro atoms. The number of aromatic nitrogens is 1. The zero-order chi connectivity index (χ0) is 14.4. The van der Waals surface area contributed by atoms with Crippen LogP contribution in [0.5, 0.6) is 0 Å². The molecule has 0 radical (unpaired) electrons. The zero-order valence-corrected chi connectivity index (χ0v) is 12.8. The largest absolute Gasteiger partial charge is 0.310 e. The molecule has 0 bridgehead atoms. The Morgan fingerprint density at radius 3 is 2.80 bits per heavy atom. The van der Waals surface area contributed by atoms with Crippen molar-refractivity contribution in [3.05, 3.63) is 64.4 Å². The van der Waals surface area contributed by atoms with Crippen molar-refractivity contribution >= 4 is 11.6 Å². The number of nitrogens with one attached hydrogen (secondary N) is 1. The van der Waals surface area contributed by atoms with Crippen molar-refractivity contribution in [1.82, 2.24) is 10.3 Å². The van der Waals surface area contributed by atoms with E-state index in [4.69, 9.17) is 11.6 Å². The Kier molecular flexibility index (Phi) is 5.57. The second kappa shape index (κ2) is 7.41. The summed E-state index contributed by atoms with van der Waals surface area (Å²) in [6.45, 7) is 5.27. The maximum atomic E-state index is 6.11. The van der Waals surface area contributed by atoms with Crippen molar-refractivity contribution in [1.29, 1.82) is 0 Å². The second-order valence-electron chi connectivity index (χ2n) is 5.03. The molecule has 106 valence electrons. The van der Waals surface area contributed by atoms with E-state index in [9.17, 15) is 0 Å². The van der Waals surface area contributed by atoms with Crippen LogP contribution in [0.4, 0.5) is 0 Å². The van der Waals surface area contributed by atoms with Crippen LogP contribution in [0.3, 0.4) is 0 Å². The standard InChI is InChI=1S/C17H21ClN2/c1-3-9-19-17(14-7-4-8-15(18)11-14)12-16-13(2)6-5-10-20-16/h4-8,10-11,17,19H,3,9,12H2,1-2H3. The molecule has 0 saturated heterocycles. The highest BCUT2D eigenvalue weighted by molar-refractivity contribution is 6.30. The summed E-state index contributed by atoms with van der Waals surface area (Å²) >= 11 is 6.11. The number of aryl methyl sites for hydroxylation is 1. The van der Waals surface area contributed by atoms with E-state index >= 15 is 0 Å². The fourth-order valence-corrected chi connectivity index (χ4v) is 2.47. The molecule has 20 heavy (non-hydrogen) atoms. The predicted octanol–water partition coefficient (Wildman–Crippen LogP) is 4.33. The van der Waals surface area contributed by atoms with Crippen LogP contribution in [0.25, 0.3) is 0 Å². The van der Waals surface area contributed by atoms with Gasteiger partial charge in [0.05, 0.1) is 0 Å². The lowest BCUT2D eigenvalue weighted by atomic mass is 9.99. The molecule has 1 atom stereocenters. The van der Waals surface area contributed by atoms with E-state index in [0.29, 0.717) is 0 Å². The number of pyridine rings is 1. The first-order valence-electron chi connectivity index (χ1n) is 7.10. The molecule has 2 aromatic rings. The SMILES string of the molecule is CCCNC(Cc1ncccc1C)c1cccc(Cl)c1. The molecule has 0 saturated carbocycles. The van der Waals surface area contributed by atoms with Crippen molar-refractivity contribution < 1.29 is 0 Å². The van der Waals surface area contributed by atoms with Crippen LogP contribution in [0.15, 0.2) is 42.6 Å². The highest BCUT2D eigenvalue weighted by Crippen LogP contribution is 2.22. The van der Waals surface area contributed by atoms with E-state index in [-0.39, 0.29) is 6.04 Å². The maximum Gasteiger partial charge on any atom is 0.0451 e. The summed E-state index contributed by atoms with van der Waals surface area (Å²) in [5.41, 5.74) is 3.59. The summed E-state index contributed by atoms with van der Waals surface area (Å²) in [6, 6.07) is 12.4. The number of hydrogen-bond donors (Lipinski definition) is 1. The molecule has 1 unspecified atom stereocenters. The predicted molar refractivity (Wildman–Crippen MR) is 85.2 cm³/mol. The number of hydrogen-bond acceptors (Lipinski definition) is 2. The molecule has 0 aliphatic heterocycles. The van der Waals surface area contributed by atoms with Gasteiger partial charge >= 0.3 is 0 Å². The highest BCUT2D eigenvalue weighted by Gasteiger charge is 2.13. The first kappa shape index (κ1) is 15.0. The number of rotatable bonds is 6. The molecule has 1 aromatic carbocycles. The van der Waals surface area contributed by atoms with Crippen LogP contribution < -0.4 is 5.32 Å². The Morgan fingerprint density at radius 2 is 2.10 bits per heavy atom. The van der Waals surface area contributed by atoms with Gasteiger partial charge in [0.2, 0.25) is 0 Å². The van der Waals surface area contributed by atoms with Crippen LogP contribution in [0.2, 0.25) is 5.02 Å². The van der Waals surface area contributed by atoms with E-state index in [2.05, 4.69) is 36.3 Å². The average molecular weight is 289 g/mol. The number of benzene rings is 1. The van der Waals surface area contributed by atoms with E-state index in [0.717, 1.165) is 30.1 Å². The van der Waals surface area contributed by atoms with Gasteiger partial charge < -0.3 is 5.32 Å². The molecule has 2 nitrogen and oxygen atoms in total. The Labute approximate surface area is 126 Å². The van der Waals surface area contributed by atoms with Crippen molar-refractivity contribution in [2.24, 2.45) is 0 Å². The van der Waals surface area contributed by atoms with E-state index < -0.39 is 0 Å². The van der Waals surface area contributed by atoms with Gasteiger partial charge in [0.25, 0.3) is 0 Å². The minimum absolute atomic E-state index is 0.252.